The third-order valence-electron chi connectivity index (χ3n) is 2.56. The molecule has 5 nitrogen and oxygen atoms in total. The van der Waals surface area contributed by atoms with Gasteiger partial charge in [-0.15, -0.1) is 22.7 Å². The Morgan fingerprint density at radius 3 is 2.81 bits per heavy atom. The number of carbonyl (C=O) groups is 1. The minimum Gasteiger partial charge on any atom is -0.296 e. The Labute approximate surface area is 137 Å². The van der Waals surface area contributed by atoms with E-state index in [4.69, 9.17) is 0 Å². The second-order valence-electron chi connectivity index (χ2n) is 4.14. The molecule has 3 rings (SSSR count). The van der Waals surface area contributed by atoms with E-state index >= 15 is 0 Å². The van der Waals surface area contributed by atoms with Gasteiger partial charge in [-0.2, -0.15) is 0 Å². The summed E-state index contributed by atoms with van der Waals surface area (Å²) in [6, 6.07) is 3.96. The lowest BCUT2D eigenvalue weighted by atomic mass is 10.4. The highest BCUT2D eigenvalue weighted by Gasteiger charge is 2.12. The number of amides is 1. The molecule has 1 amide bonds. The zero-order chi connectivity index (χ0) is 14.8. The molecule has 8 heteroatoms. The summed E-state index contributed by atoms with van der Waals surface area (Å²) in [4.78, 5) is 25.6. The number of anilines is 1. The predicted molar refractivity (Wildman–Crippen MR) is 87.8 cm³/mol. The van der Waals surface area contributed by atoms with Crippen molar-refractivity contribution in [3.63, 3.8) is 0 Å². The Kier molecular flexibility index (Phi) is 4.09. The molecule has 0 bridgehead atoms. The molecule has 0 saturated carbocycles. The van der Waals surface area contributed by atoms with Gasteiger partial charge in [-0.1, -0.05) is 0 Å². The van der Waals surface area contributed by atoms with Gasteiger partial charge < -0.3 is 0 Å². The van der Waals surface area contributed by atoms with E-state index in [-0.39, 0.29) is 11.6 Å². The molecule has 106 valence electrons. The van der Waals surface area contributed by atoms with Crippen LogP contribution in [0.15, 0.2) is 33.7 Å². The fourth-order valence-electron chi connectivity index (χ4n) is 1.57. The first-order chi connectivity index (χ1) is 10.1. The summed E-state index contributed by atoms with van der Waals surface area (Å²) in [6.07, 6.45) is 3.01. The van der Waals surface area contributed by atoms with Crippen molar-refractivity contribution in [3.05, 3.63) is 45.1 Å². The van der Waals surface area contributed by atoms with E-state index in [0.29, 0.717) is 5.13 Å². The third-order valence-corrected chi connectivity index (χ3v) is 4.97. The maximum Gasteiger partial charge on any atom is 0.277 e. The largest absolute Gasteiger partial charge is 0.296 e. The van der Waals surface area contributed by atoms with Crippen molar-refractivity contribution >= 4 is 49.6 Å². The molecule has 21 heavy (non-hydrogen) atoms. The Bertz CT molecular complexity index is 782. The van der Waals surface area contributed by atoms with Gasteiger partial charge in [0, 0.05) is 11.6 Å². The van der Waals surface area contributed by atoms with E-state index in [0.717, 1.165) is 20.1 Å². The maximum atomic E-state index is 12.0. The van der Waals surface area contributed by atoms with Crippen molar-refractivity contribution in [2.24, 2.45) is 0 Å². The molecule has 0 spiro atoms. The van der Waals surface area contributed by atoms with Crippen molar-refractivity contribution in [2.45, 2.75) is 6.92 Å². The molecule has 0 saturated heterocycles. The highest BCUT2D eigenvalue weighted by atomic mass is 79.9. The first-order valence-electron chi connectivity index (χ1n) is 5.93. The van der Waals surface area contributed by atoms with Gasteiger partial charge in [0.05, 0.1) is 26.2 Å². The van der Waals surface area contributed by atoms with Crippen molar-refractivity contribution in [3.8, 4) is 10.6 Å². The standard InChI is InChI=1S/C13H9BrN4OS2/c1-7-4-16-8(5-15-7)12(19)18-13-17-9(6-20-13)10-2-3-11(14)21-10/h2-6H,1H3,(H,17,18,19). The summed E-state index contributed by atoms with van der Waals surface area (Å²) in [7, 11) is 0. The van der Waals surface area contributed by atoms with Crippen LogP contribution in [-0.4, -0.2) is 20.9 Å². The minimum atomic E-state index is -0.309. The van der Waals surface area contributed by atoms with Gasteiger partial charge in [0.15, 0.2) is 5.13 Å². The van der Waals surface area contributed by atoms with E-state index in [9.17, 15) is 4.79 Å². The number of rotatable bonds is 3. The monoisotopic (exact) mass is 380 g/mol. The number of nitrogens with one attached hydrogen (secondary N) is 1. The lowest BCUT2D eigenvalue weighted by molar-refractivity contribution is 0.102. The van der Waals surface area contributed by atoms with Gasteiger partial charge in [-0.3, -0.25) is 15.1 Å². The molecular formula is C13H9BrN4OS2. The van der Waals surface area contributed by atoms with Crippen LogP contribution >= 0.6 is 38.6 Å². The van der Waals surface area contributed by atoms with E-state index in [1.807, 2.05) is 24.4 Å². The summed E-state index contributed by atoms with van der Waals surface area (Å²) in [5.74, 6) is -0.309. The van der Waals surface area contributed by atoms with Crippen LogP contribution in [0.1, 0.15) is 16.2 Å². The molecule has 3 aromatic rings. The van der Waals surface area contributed by atoms with Gasteiger partial charge in [0.2, 0.25) is 0 Å². The molecule has 3 heterocycles. The topological polar surface area (TPSA) is 67.8 Å². The zero-order valence-electron chi connectivity index (χ0n) is 10.8. The fraction of sp³-hybridized carbons (Fsp3) is 0.0769. The second-order valence-corrected chi connectivity index (χ2v) is 7.46. The van der Waals surface area contributed by atoms with Crippen molar-refractivity contribution in [1.29, 1.82) is 0 Å². The summed E-state index contributed by atoms with van der Waals surface area (Å²) in [5.41, 5.74) is 1.89. The van der Waals surface area contributed by atoms with E-state index in [1.165, 1.54) is 17.5 Å². The van der Waals surface area contributed by atoms with Crippen molar-refractivity contribution in [2.75, 3.05) is 5.32 Å². The van der Waals surface area contributed by atoms with E-state index < -0.39 is 0 Å². The molecule has 0 fully saturated rings. The number of halogens is 1. The second kappa shape index (κ2) is 6.00. The van der Waals surface area contributed by atoms with Crippen LogP contribution in [0.2, 0.25) is 0 Å². The quantitative estimate of drug-likeness (QED) is 0.745. The fourth-order valence-corrected chi connectivity index (χ4v) is 3.69. The number of thiazole rings is 1. The third kappa shape index (κ3) is 3.34. The van der Waals surface area contributed by atoms with Crippen LogP contribution < -0.4 is 5.32 Å². The van der Waals surface area contributed by atoms with Crippen LogP contribution in [0.25, 0.3) is 10.6 Å². The molecule has 0 aliphatic carbocycles. The zero-order valence-corrected chi connectivity index (χ0v) is 14.1. The summed E-state index contributed by atoms with van der Waals surface area (Å²) in [5, 5.41) is 5.19. The van der Waals surface area contributed by atoms with Gasteiger partial charge in [-0.05, 0) is 35.0 Å². The summed E-state index contributed by atoms with van der Waals surface area (Å²) >= 11 is 6.40. The number of aromatic nitrogens is 3. The van der Waals surface area contributed by atoms with Crippen molar-refractivity contribution < 1.29 is 4.79 Å². The lowest BCUT2D eigenvalue weighted by Crippen LogP contribution is -2.13. The number of hydrogen-bond donors (Lipinski definition) is 1. The molecule has 0 radical (unpaired) electrons. The number of aryl methyl sites for hydroxylation is 1. The number of hydrogen-bond acceptors (Lipinski definition) is 6. The minimum absolute atomic E-state index is 0.274. The number of thiophene rings is 1. The molecule has 0 aliphatic rings. The van der Waals surface area contributed by atoms with Gasteiger partial charge >= 0.3 is 0 Å². The SMILES string of the molecule is Cc1cnc(C(=O)Nc2nc(-c3ccc(Br)s3)cs2)cn1. The molecule has 0 unspecified atom stereocenters. The molecule has 0 aliphatic heterocycles. The lowest BCUT2D eigenvalue weighted by Gasteiger charge is -2.00. The van der Waals surface area contributed by atoms with Crippen LogP contribution in [0, 0.1) is 6.92 Å². The number of carbonyl (C=O) groups excluding carboxylic acids is 1. The van der Waals surface area contributed by atoms with Gasteiger partial charge in [0.25, 0.3) is 5.91 Å². The highest BCUT2D eigenvalue weighted by molar-refractivity contribution is 9.11. The van der Waals surface area contributed by atoms with E-state index in [1.54, 1.807) is 17.5 Å². The normalized spacial score (nSPS) is 10.6. The van der Waals surface area contributed by atoms with Crippen LogP contribution in [-0.2, 0) is 0 Å². The highest BCUT2D eigenvalue weighted by Crippen LogP contribution is 2.33. The van der Waals surface area contributed by atoms with Crippen LogP contribution in [0.3, 0.4) is 0 Å². The average Bonchev–Trinajstić information content (AvgIpc) is 3.08. The van der Waals surface area contributed by atoms with Crippen LogP contribution in [0.5, 0.6) is 0 Å². The molecule has 3 aromatic heterocycles. The Hall–Kier alpha value is -1.64. The Morgan fingerprint density at radius 2 is 2.14 bits per heavy atom. The predicted octanol–water partition coefficient (Wildman–Crippen LogP) is 3.98. The molecule has 1 N–H and O–H groups in total. The van der Waals surface area contributed by atoms with Crippen LogP contribution in [0.4, 0.5) is 5.13 Å². The first-order valence-corrected chi connectivity index (χ1v) is 8.42. The molecule has 0 aromatic carbocycles. The Balaban J connectivity index is 1.75. The smallest absolute Gasteiger partial charge is 0.277 e. The summed E-state index contributed by atoms with van der Waals surface area (Å²) in [6.45, 7) is 1.82. The average molecular weight is 381 g/mol. The number of nitrogens with zero attached hydrogens (tertiary/aromatic N) is 3. The molecular weight excluding hydrogens is 372 g/mol. The molecule has 0 atom stereocenters. The summed E-state index contributed by atoms with van der Waals surface area (Å²) < 4.78 is 1.05. The Morgan fingerprint density at radius 1 is 1.29 bits per heavy atom. The van der Waals surface area contributed by atoms with Gasteiger partial charge in [-0.25, -0.2) is 9.97 Å². The maximum absolute atomic E-state index is 12.0. The van der Waals surface area contributed by atoms with E-state index in [2.05, 4.69) is 36.2 Å². The van der Waals surface area contributed by atoms with Crippen molar-refractivity contribution in [1.82, 2.24) is 15.0 Å². The van der Waals surface area contributed by atoms with Gasteiger partial charge in [0.1, 0.15) is 5.69 Å². The first kappa shape index (κ1) is 14.3.